The number of alkyl halides is 1. The van der Waals surface area contributed by atoms with E-state index in [9.17, 15) is 0 Å². The van der Waals surface area contributed by atoms with Gasteiger partial charge in [-0.25, -0.2) is 4.98 Å². The van der Waals surface area contributed by atoms with E-state index < -0.39 is 0 Å². The van der Waals surface area contributed by atoms with Gasteiger partial charge in [0.05, 0.1) is 16.8 Å². The van der Waals surface area contributed by atoms with Gasteiger partial charge in [-0.2, -0.15) is 5.10 Å². The van der Waals surface area contributed by atoms with Crippen molar-refractivity contribution in [3.8, 4) is 0 Å². The van der Waals surface area contributed by atoms with Crippen molar-refractivity contribution in [2.75, 3.05) is 18.0 Å². The summed E-state index contributed by atoms with van der Waals surface area (Å²) < 4.78 is 0. The Morgan fingerprint density at radius 2 is 2.00 bits per heavy atom. The van der Waals surface area contributed by atoms with E-state index in [1.165, 1.54) is 0 Å². The minimum absolute atomic E-state index is 0.211. The summed E-state index contributed by atoms with van der Waals surface area (Å²) in [6, 6.07) is 0. The molecular formula is C12H19ClN4. The first-order chi connectivity index (χ1) is 8.24. The molecule has 1 atom stereocenters. The quantitative estimate of drug-likeness (QED) is 0.776. The first kappa shape index (κ1) is 12.6. The van der Waals surface area contributed by atoms with Crippen LogP contribution in [0.4, 0.5) is 5.95 Å². The molecule has 1 aromatic heterocycles. The molecule has 0 radical (unpaired) electrons. The predicted molar refractivity (Wildman–Crippen MR) is 69.7 cm³/mol. The van der Waals surface area contributed by atoms with Crippen LogP contribution in [0, 0.1) is 0 Å². The first-order valence-corrected chi connectivity index (χ1v) is 6.79. The van der Waals surface area contributed by atoms with Gasteiger partial charge in [-0.3, -0.25) is 0 Å². The van der Waals surface area contributed by atoms with Crippen LogP contribution >= 0.6 is 11.6 Å². The maximum absolute atomic E-state index is 6.18. The summed E-state index contributed by atoms with van der Waals surface area (Å²) >= 11 is 6.18. The zero-order valence-corrected chi connectivity index (χ0v) is 11.2. The van der Waals surface area contributed by atoms with Gasteiger partial charge in [0, 0.05) is 13.1 Å². The third kappa shape index (κ3) is 2.86. The van der Waals surface area contributed by atoms with Crippen molar-refractivity contribution in [1.29, 1.82) is 0 Å². The average molecular weight is 255 g/mol. The molecule has 1 aliphatic heterocycles. The number of aromatic nitrogens is 3. The molecule has 0 N–H and O–H groups in total. The number of nitrogens with zero attached hydrogens (tertiary/aromatic N) is 4. The molecule has 0 amide bonds. The molecule has 4 nitrogen and oxygen atoms in total. The van der Waals surface area contributed by atoms with Crippen LogP contribution < -0.4 is 4.90 Å². The Bertz CT molecular complexity index is 383. The van der Waals surface area contributed by atoms with Gasteiger partial charge in [-0.15, -0.1) is 16.7 Å². The monoisotopic (exact) mass is 254 g/mol. The summed E-state index contributed by atoms with van der Waals surface area (Å²) in [5.74, 6) is 0.740. The highest BCUT2D eigenvalue weighted by Gasteiger charge is 2.21. The summed E-state index contributed by atoms with van der Waals surface area (Å²) in [4.78, 5) is 6.76. The molecule has 5 heteroatoms. The van der Waals surface area contributed by atoms with Crippen molar-refractivity contribution >= 4 is 17.5 Å². The van der Waals surface area contributed by atoms with Crippen LogP contribution in [-0.4, -0.2) is 33.6 Å². The van der Waals surface area contributed by atoms with Gasteiger partial charge >= 0.3 is 0 Å². The van der Waals surface area contributed by atoms with E-state index in [4.69, 9.17) is 11.6 Å². The Kier molecular flexibility index (Phi) is 4.15. The summed E-state index contributed by atoms with van der Waals surface area (Å²) in [6.07, 6.45) is 3.99. The molecule has 2 heterocycles. The van der Waals surface area contributed by atoms with Crippen LogP contribution in [0.15, 0.2) is 0 Å². The summed E-state index contributed by atoms with van der Waals surface area (Å²) in [6.45, 7) is 6.01. The fraction of sp³-hybridized carbons (Fsp3) is 0.750. The standard InChI is InChI=1S/C12H19ClN4/c1-3-10-11(4-2)15-16-12(14-10)17-7-5-6-9(13)8-17/h9H,3-8H2,1-2H3. The minimum Gasteiger partial charge on any atom is -0.338 e. The normalized spacial score (nSPS) is 20.6. The predicted octanol–water partition coefficient (Wildman–Crippen LogP) is 2.20. The zero-order chi connectivity index (χ0) is 12.3. The molecule has 0 aliphatic carbocycles. The van der Waals surface area contributed by atoms with E-state index in [2.05, 4.69) is 33.9 Å². The number of halogens is 1. The van der Waals surface area contributed by atoms with E-state index in [0.29, 0.717) is 0 Å². The number of hydrogen-bond donors (Lipinski definition) is 0. The molecule has 2 rings (SSSR count). The van der Waals surface area contributed by atoms with Crippen molar-refractivity contribution in [2.45, 2.75) is 44.9 Å². The van der Waals surface area contributed by atoms with Gasteiger partial charge in [0.15, 0.2) is 0 Å². The van der Waals surface area contributed by atoms with Gasteiger partial charge < -0.3 is 4.90 Å². The van der Waals surface area contributed by atoms with Gasteiger partial charge in [0.25, 0.3) is 0 Å². The van der Waals surface area contributed by atoms with Gasteiger partial charge in [-0.1, -0.05) is 13.8 Å². The second-order valence-corrected chi connectivity index (χ2v) is 5.02. The Hall–Kier alpha value is -0.900. The maximum Gasteiger partial charge on any atom is 0.245 e. The molecule has 1 fully saturated rings. The zero-order valence-electron chi connectivity index (χ0n) is 10.5. The number of aryl methyl sites for hydroxylation is 2. The van der Waals surface area contributed by atoms with E-state index in [1.807, 2.05) is 0 Å². The minimum atomic E-state index is 0.211. The summed E-state index contributed by atoms with van der Waals surface area (Å²) in [5.41, 5.74) is 2.07. The number of hydrogen-bond acceptors (Lipinski definition) is 4. The Labute approximate surface area is 107 Å². The van der Waals surface area contributed by atoms with Crippen molar-refractivity contribution in [3.05, 3.63) is 11.4 Å². The molecule has 0 saturated carbocycles. The molecule has 1 aliphatic rings. The van der Waals surface area contributed by atoms with Crippen molar-refractivity contribution in [1.82, 2.24) is 15.2 Å². The number of piperidine rings is 1. The maximum atomic E-state index is 6.18. The van der Waals surface area contributed by atoms with E-state index >= 15 is 0 Å². The number of rotatable bonds is 3. The molecule has 1 unspecified atom stereocenters. The lowest BCUT2D eigenvalue weighted by Gasteiger charge is -2.29. The summed E-state index contributed by atoms with van der Waals surface area (Å²) in [5, 5.41) is 8.70. The van der Waals surface area contributed by atoms with Gasteiger partial charge in [-0.05, 0) is 25.7 Å². The van der Waals surface area contributed by atoms with Crippen molar-refractivity contribution in [3.63, 3.8) is 0 Å². The van der Waals surface area contributed by atoms with Crippen LogP contribution in [0.3, 0.4) is 0 Å². The number of anilines is 1. The van der Waals surface area contributed by atoms with Crippen LogP contribution in [0.1, 0.15) is 38.1 Å². The molecule has 0 spiro atoms. The van der Waals surface area contributed by atoms with Crippen LogP contribution in [0.2, 0.25) is 0 Å². The fourth-order valence-corrected chi connectivity index (χ4v) is 2.49. The third-order valence-corrected chi connectivity index (χ3v) is 3.50. The summed E-state index contributed by atoms with van der Waals surface area (Å²) in [7, 11) is 0. The Balaban J connectivity index is 2.20. The molecule has 1 aromatic rings. The molecular weight excluding hydrogens is 236 g/mol. The van der Waals surface area contributed by atoms with Crippen LogP contribution in [0.5, 0.6) is 0 Å². The van der Waals surface area contributed by atoms with E-state index in [-0.39, 0.29) is 5.38 Å². The highest BCUT2D eigenvalue weighted by Crippen LogP contribution is 2.19. The van der Waals surface area contributed by atoms with Crippen LogP contribution in [0.25, 0.3) is 0 Å². The largest absolute Gasteiger partial charge is 0.338 e. The van der Waals surface area contributed by atoms with Crippen molar-refractivity contribution in [2.24, 2.45) is 0 Å². The Morgan fingerprint density at radius 1 is 1.24 bits per heavy atom. The highest BCUT2D eigenvalue weighted by molar-refractivity contribution is 6.21. The third-order valence-electron chi connectivity index (χ3n) is 3.14. The Morgan fingerprint density at radius 3 is 2.65 bits per heavy atom. The van der Waals surface area contributed by atoms with E-state index in [0.717, 1.165) is 56.1 Å². The van der Waals surface area contributed by atoms with Crippen LogP contribution in [-0.2, 0) is 12.8 Å². The molecule has 0 aromatic carbocycles. The second-order valence-electron chi connectivity index (χ2n) is 4.40. The van der Waals surface area contributed by atoms with Gasteiger partial charge in [0.1, 0.15) is 0 Å². The lowest BCUT2D eigenvalue weighted by atomic mass is 10.1. The SMILES string of the molecule is CCc1nnc(N2CCCC(Cl)C2)nc1CC. The molecule has 17 heavy (non-hydrogen) atoms. The smallest absolute Gasteiger partial charge is 0.245 e. The van der Waals surface area contributed by atoms with E-state index in [1.54, 1.807) is 0 Å². The second kappa shape index (κ2) is 5.63. The first-order valence-electron chi connectivity index (χ1n) is 6.36. The topological polar surface area (TPSA) is 41.9 Å². The molecule has 94 valence electrons. The molecule has 1 saturated heterocycles. The lowest BCUT2D eigenvalue weighted by Crippen LogP contribution is -2.37. The highest BCUT2D eigenvalue weighted by atomic mass is 35.5. The molecule has 0 bridgehead atoms. The average Bonchev–Trinajstić information content (AvgIpc) is 2.38. The lowest BCUT2D eigenvalue weighted by molar-refractivity contribution is 0.568. The van der Waals surface area contributed by atoms with Crippen molar-refractivity contribution < 1.29 is 0 Å². The fourth-order valence-electron chi connectivity index (χ4n) is 2.17. The van der Waals surface area contributed by atoms with Gasteiger partial charge in [0.2, 0.25) is 5.95 Å².